The SMILES string of the molecule is O=Cc1ccccc1OCC(=O)OCC(=O)N1CCN(C(=O)c2cccs2)CC1. The third kappa shape index (κ3) is 5.41. The summed E-state index contributed by atoms with van der Waals surface area (Å²) in [5.41, 5.74) is 0.325. The van der Waals surface area contributed by atoms with Crippen LogP contribution in [0.3, 0.4) is 0 Å². The second kappa shape index (κ2) is 9.83. The Kier molecular flexibility index (Phi) is 6.96. The fraction of sp³-hybridized carbons (Fsp3) is 0.300. The van der Waals surface area contributed by atoms with Gasteiger partial charge in [0.1, 0.15) is 5.75 Å². The van der Waals surface area contributed by atoms with E-state index in [-0.39, 0.29) is 17.6 Å². The van der Waals surface area contributed by atoms with Crippen molar-refractivity contribution in [1.82, 2.24) is 9.80 Å². The van der Waals surface area contributed by atoms with Gasteiger partial charge >= 0.3 is 5.97 Å². The summed E-state index contributed by atoms with van der Waals surface area (Å²) in [6.45, 7) is 0.842. The molecule has 29 heavy (non-hydrogen) atoms. The Labute approximate surface area is 171 Å². The summed E-state index contributed by atoms with van der Waals surface area (Å²) in [7, 11) is 0. The van der Waals surface area contributed by atoms with Crippen LogP contribution < -0.4 is 4.74 Å². The summed E-state index contributed by atoms with van der Waals surface area (Å²) in [4.78, 5) is 51.2. The molecule has 0 aliphatic carbocycles. The molecule has 152 valence electrons. The van der Waals surface area contributed by atoms with Gasteiger partial charge in [-0.25, -0.2) is 4.79 Å². The van der Waals surface area contributed by atoms with Gasteiger partial charge in [-0.3, -0.25) is 14.4 Å². The Bertz CT molecular complexity index is 875. The normalized spacial score (nSPS) is 13.7. The van der Waals surface area contributed by atoms with Crippen molar-refractivity contribution in [2.24, 2.45) is 0 Å². The molecule has 0 saturated carbocycles. The maximum Gasteiger partial charge on any atom is 0.344 e. The maximum atomic E-state index is 12.3. The Balaban J connectivity index is 1.39. The summed E-state index contributed by atoms with van der Waals surface area (Å²) >= 11 is 1.39. The zero-order chi connectivity index (χ0) is 20.6. The number of carbonyl (C=O) groups is 4. The highest BCUT2D eigenvalue weighted by Gasteiger charge is 2.25. The molecule has 3 rings (SSSR count). The predicted octanol–water partition coefficient (Wildman–Crippen LogP) is 1.47. The van der Waals surface area contributed by atoms with E-state index in [1.54, 1.807) is 40.1 Å². The number of nitrogens with zero attached hydrogens (tertiary/aromatic N) is 2. The van der Waals surface area contributed by atoms with Gasteiger partial charge < -0.3 is 19.3 Å². The molecule has 2 amide bonds. The second-order valence-electron chi connectivity index (χ2n) is 6.26. The molecule has 1 saturated heterocycles. The van der Waals surface area contributed by atoms with E-state index in [0.29, 0.717) is 42.9 Å². The van der Waals surface area contributed by atoms with Gasteiger partial charge in [-0.15, -0.1) is 11.3 Å². The van der Waals surface area contributed by atoms with Crippen LogP contribution >= 0.6 is 11.3 Å². The number of thiophene rings is 1. The highest BCUT2D eigenvalue weighted by molar-refractivity contribution is 7.12. The molecule has 8 nitrogen and oxygen atoms in total. The van der Waals surface area contributed by atoms with Gasteiger partial charge in [0, 0.05) is 26.2 Å². The monoisotopic (exact) mass is 416 g/mol. The van der Waals surface area contributed by atoms with Crippen molar-refractivity contribution in [2.45, 2.75) is 0 Å². The van der Waals surface area contributed by atoms with Crippen LogP contribution in [0.5, 0.6) is 5.75 Å². The number of benzene rings is 1. The Hall–Kier alpha value is -3.20. The van der Waals surface area contributed by atoms with Crippen LogP contribution in [0.4, 0.5) is 0 Å². The van der Waals surface area contributed by atoms with Crippen molar-refractivity contribution < 1.29 is 28.7 Å². The van der Waals surface area contributed by atoms with Gasteiger partial charge in [0.25, 0.3) is 11.8 Å². The average Bonchev–Trinajstić information content (AvgIpc) is 3.30. The first kappa shape index (κ1) is 20.5. The number of hydrogen-bond donors (Lipinski definition) is 0. The molecule has 1 aromatic heterocycles. The van der Waals surface area contributed by atoms with Gasteiger partial charge in [-0.1, -0.05) is 18.2 Å². The van der Waals surface area contributed by atoms with Crippen LogP contribution in [0.25, 0.3) is 0 Å². The number of carbonyl (C=O) groups excluding carboxylic acids is 4. The standard InChI is InChI=1S/C20H20N2O6S/c23-12-15-4-1-2-5-16(15)27-14-19(25)28-13-18(24)21-7-9-22(10-8-21)20(26)17-6-3-11-29-17/h1-6,11-12H,7-10,13-14H2. The van der Waals surface area contributed by atoms with Gasteiger partial charge in [-0.05, 0) is 23.6 Å². The molecule has 9 heteroatoms. The minimum Gasteiger partial charge on any atom is -0.481 e. The number of aldehydes is 1. The number of para-hydroxylation sites is 1. The van der Waals surface area contributed by atoms with Crippen LogP contribution in [0.1, 0.15) is 20.0 Å². The molecule has 0 unspecified atom stereocenters. The van der Waals surface area contributed by atoms with Crippen molar-refractivity contribution in [3.8, 4) is 5.75 Å². The molecule has 1 aliphatic rings. The van der Waals surface area contributed by atoms with Crippen LogP contribution in [0, 0.1) is 0 Å². The maximum absolute atomic E-state index is 12.3. The number of amides is 2. The minimum absolute atomic E-state index is 0.0359. The van der Waals surface area contributed by atoms with Crippen LogP contribution in [-0.4, -0.2) is 73.3 Å². The fourth-order valence-corrected chi connectivity index (χ4v) is 3.53. The molecule has 1 fully saturated rings. The zero-order valence-electron chi connectivity index (χ0n) is 15.6. The van der Waals surface area contributed by atoms with E-state index >= 15 is 0 Å². The average molecular weight is 416 g/mol. The van der Waals surface area contributed by atoms with E-state index in [4.69, 9.17) is 9.47 Å². The van der Waals surface area contributed by atoms with Crippen molar-refractivity contribution in [3.63, 3.8) is 0 Å². The second-order valence-corrected chi connectivity index (χ2v) is 7.20. The third-order valence-electron chi connectivity index (χ3n) is 4.40. The molecule has 1 aliphatic heterocycles. The number of hydrogen-bond acceptors (Lipinski definition) is 7. The third-order valence-corrected chi connectivity index (χ3v) is 5.26. The van der Waals surface area contributed by atoms with E-state index in [1.807, 2.05) is 11.4 Å². The van der Waals surface area contributed by atoms with Gasteiger partial charge in [0.05, 0.1) is 10.4 Å². The van der Waals surface area contributed by atoms with E-state index in [9.17, 15) is 19.2 Å². The zero-order valence-corrected chi connectivity index (χ0v) is 16.4. The van der Waals surface area contributed by atoms with Crippen LogP contribution in [-0.2, 0) is 14.3 Å². The van der Waals surface area contributed by atoms with Crippen molar-refractivity contribution >= 4 is 35.4 Å². The van der Waals surface area contributed by atoms with Gasteiger partial charge in [0.2, 0.25) is 0 Å². The Morgan fingerprint density at radius 3 is 2.38 bits per heavy atom. The largest absolute Gasteiger partial charge is 0.481 e. The quantitative estimate of drug-likeness (QED) is 0.501. The molecule has 1 aromatic carbocycles. The summed E-state index contributed by atoms with van der Waals surface area (Å²) < 4.78 is 10.2. The highest BCUT2D eigenvalue weighted by atomic mass is 32.1. The lowest BCUT2D eigenvalue weighted by molar-refractivity contribution is -0.154. The lowest BCUT2D eigenvalue weighted by Crippen LogP contribution is -2.51. The molecule has 2 aromatic rings. The summed E-state index contributed by atoms with van der Waals surface area (Å²) in [6, 6.07) is 10.1. The Morgan fingerprint density at radius 2 is 1.69 bits per heavy atom. The molecule has 0 bridgehead atoms. The van der Waals surface area contributed by atoms with Crippen LogP contribution in [0.15, 0.2) is 41.8 Å². The van der Waals surface area contributed by atoms with Crippen molar-refractivity contribution in [3.05, 3.63) is 52.2 Å². The molecule has 0 spiro atoms. The molecule has 2 heterocycles. The first-order valence-electron chi connectivity index (χ1n) is 9.01. The fourth-order valence-electron chi connectivity index (χ4n) is 2.84. The van der Waals surface area contributed by atoms with Crippen LogP contribution in [0.2, 0.25) is 0 Å². The number of piperazine rings is 1. The number of esters is 1. The topological polar surface area (TPSA) is 93.2 Å². The highest BCUT2D eigenvalue weighted by Crippen LogP contribution is 2.16. The molecule has 0 N–H and O–H groups in total. The first-order chi connectivity index (χ1) is 14.1. The van der Waals surface area contributed by atoms with E-state index in [2.05, 4.69) is 0 Å². The molecule has 0 radical (unpaired) electrons. The summed E-state index contributed by atoms with van der Waals surface area (Å²) in [5, 5.41) is 1.85. The van der Waals surface area contributed by atoms with Crippen molar-refractivity contribution in [1.29, 1.82) is 0 Å². The molecular weight excluding hydrogens is 396 g/mol. The molecular formula is C20H20N2O6S. The smallest absolute Gasteiger partial charge is 0.344 e. The van der Waals surface area contributed by atoms with Gasteiger partial charge in [-0.2, -0.15) is 0 Å². The lowest BCUT2D eigenvalue weighted by atomic mass is 10.2. The van der Waals surface area contributed by atoms with Gasteiger partial charge in [0.15, 0.2) is 19.5 Å². The van der Waals surface area contributed by atoms with E-state index in [1.165, 1.54) is 11.3 Å². The lowest BCUT2D eigenvalue weighted by Gasteiger charge is -2.34. The summed E-state index contributed by atoms with van der Waals surface area (Å²) in [6.07, 6.45) is 0.632. The predicted molar refractivity (Wildman–Crippen MR) is 105 cm³/mol. The van der Waals surface area contributed by atoms with Crippen molar-refractivity contribution in [2.75, 3.05) is 39.4 Å². The first-order valence-corrected chi connectivity index (χ1v) is 9.89. The minimum atomic E-state index is -0.703. The van der Waals surface area contributed by atoms with E-state index in [0.717, 1.165) is 0 Å². The van der Waals surface area contributed by atoms with E-state index < -0.39 is 19.2 Å². The Morgan fingerprint density at radius 1 is 0.966 bits per heavy atom. The summed E-state index contributed by atoms with van der Waals surface area (Å²) in [5.74, 6) is -0.788. The molecule has 0 atom stereocenters. The number of ether oxygens (including phenoxy) is 2. The number of rotatable bonds is 7.